The van der Waals surface area contributed by atoms with Crippen molar-refractivity contribution in [3.63, 3.8) is 0 Å². The number of allylic oxidation sites excluding steroid dienone is 1. The fourth-order valence-electron chi connectivity index (χ4n) is 5.24. The molecule has 0 radical (unpaired) electrons. The third kappa shape index (κ3) is 4.71. The minimum Gasteiger partial charge on any atom is -0.496 e. The van der Waals surface area contributed by atoms with Gasteiger partial charge in [0.25, 0.3) is 11.5 Å². The summed E-state index contributed by atoms with van der Waals surface area (Å²) >= 11 is 7.53. The van der Waals surface area contributed by atoms with Crippen LogP contribution in [0.5, 0.6) is 11.5 Å². The molecule has 9 heteroatoms. The molecule has 2 heterocycles. The van der Waals surface area contributed by atoms with Gasteiger partial charge in [0.15, 0.2) is 4.80 Å². The van der Waals surface area contributed by atoms with Crippen LogP contribution in [0.15, 0.2) is 75.7 Å². The van der Waals surface area contributed by atoms with Crippen LogP contribution in [0.25, 0.3) is 16.8 Å². The number of likely N-dealkylation sites (N-methyl/N-ethyl adjacent to an activating group) is 1. The molecule has 0 saturated carbocycles. The van der Waals surface area contributed by atoms with Crippen LogP contribution in [-0.2, 0) is 4.79 Å². The Morgan fingerprint density at radius 2 is 1.77 bits per heavy atom. The number of nitrogens with zero attached hydrogens (tertiary/aromatic N) is 3. The lowest BCUT2D eigenvalue weighted by atomic mass is 9.90. The summed E-state index contributed by atoms with van der Waals surface area (Å²) in [6.07, 6.45) is 1.76. The topological polar surface area (TPSA) is 73.1 Å². The van der Waals surface area contributed by atoms with E-state index in [0.717, 1.165) is 16.3 Å². The first kappa shape index (κ1) is 27.7. The number of fused-ring (bicyclic) bond motifs is 2. The number of aromatic nitrogens is 1. The summed E-state index contributed by atoms with van der Waals surface area (Å²) in [4.78, 5) is 35.3. The number of ether oxygens (including phenoxy) is 2. The third-order valence-corrected chi connectivity index (χ3v) is 8.42. The number of benzene rings is 3. The van der Waals surface area contributed by atoms with Crippen LogP contribution in [0.3, 0.4) is 0 Å². The predicted octanol–water partition coefficient (Wildman–Crippen LogP) is 4.93. The molecule has 0 saturated heterocycles. The van der Waals surface area contributed by atoms with Gasteiger partial charge in [-0.2, -0.15) is 0 Å². The second-order valence-electron chi connectivity index (χ2n) is 9.35. The fraction of sp³-hybridized carbons (Fsp3) is 0.258. The molecule has 40 heavy (non-hydrogen) atoms. The Balaban J connectivity index is 1.86. The second-order valence-corrected chi connectivity index (χ2v) is 10.8. The molecule has 206 valence electrons. The van der Waals surface area contributed by atoms with Crippen molar-refractivity contribution in [1.82, 2.24) is 9.47 Å². The molecular weight excluding hydrogens is 546 g/mol. The Hall–Kier alpha value is -3.88. The summed E-state index contributed by atoms with van der Waals surface area (Å²) in [5.74, 6) is 1.03. The molecule has 7 nitrogen and oxygen atoms in total. The van der Waals surface area contributed by atoms with Crippen LogP contribution >= 0.6 is 22.9 Å². The van der Waals surface area contributed by atoms with Crippen molar-refractivity contribution in [2.45, 2.75) is 26.8 Å². The molecule has 1 aromatic heterocycles. The molecule has 4 aromatic rings. The van der Waals surface area contributed by atoms with Crippen molar-refractivity contribution in [1.29, 1.82) is 0 Å². The van der Waals surface area contributed by atoms with E-state index in [2.05, 4.69) is 0 Å². The molecule has 0 fully saturated rings. The van der Waals surface area contributed by atoms with Gasteiger partial charge in [-0.1, -0.05) is 53.3 Å². The highest BCUT2D eigenvalue weighted by Gasteiger charge is 2.36. The van der Waals surface area contributed by atoms with E-state index in [1.165, 1.54) is 11.3 Å². The molecule has 1 atom stereocenters. The molecule has 5 rings (SSSR count). The van der Waals surface area contributed by atoms with E-state index >= 15 is 0 Å². The fourth-order valence-corrected chi connectivity index (χ4v) is 6.46. The van der Waals surface area contributed by atoms with Crippen LogP contribution in [-0.4, -0.2) is 42.7 Å². The van der Waals surface area contributed by atoms with Gasteiger partial charge in [-0.15, -0.1) is 0 Å². The summed E-state index contributed by atoms with van der Waals surface area (Å²) in [5, 5.41) is 2.41. The van der Waals surface area contributed by atoms with Crippen molar-refractivity contribution in [3.05, 3.63) is 102 Å². The van der Waals surface area contributed by atoms with E-state index in [0.29, 0.717) is 55.8 Å². The van der Waals surface area contributed by atoms with Gasteiger partial charge in [0.05, 0.1) is 30.0 Å². The van der Waals surface area contributed by atoms with Crippen molar-refractivity contribution in [2.75, 3.05) is 27.3 Å². The molecule has 0 bridgehead atoms. The quantitative estimate of drug-likeness (QED) is 0.313. The van der Waals surface area contributed by atoms with E-state index in [1.54, 1.807) is 48.0 Å². The van der Waals surface area contributed by atoms with Gasteiger partial charge >= 0.3 is 0 Å². The molecular formula is C31H30ClN3O4S. The average Bonchev–Trinajstić information content (AvgIpc) is 3.26. The first-order chi connectivity index (χ1) is 19.3. The van der Waals surface area contributed by atoms with Gasteiger partial charge in [0.2, 0.25) is 0 Å². The SMILES string of the molecule is CCN(CC)C(=O)C1=C(C)N=c2s/c(=C/c3cc(Cl)ccc3OC)c(=O)n2[C@H]1c1c(OC)ccc2ccccc12. The monoisotopic (exact) mass is 575 g/mol. The van der Waals surface area contributed by atoms with Gasteiger partial charge in [-0.3, -0.25) is 14.2 Å². The smallest absolute Gasteiger partial charge is 0.271 e. The number of carbonyl (C=O) groups excluding carboxylic acids is 1. The maximum atomic E-state index is 14.2. The van der Waals surface area contributed by atoms with Crippen LogP contribution in [0.2, 0.25) is 5.02 Å². The first-order valence-electron chi connectivity index (χ1n) is 13.0. The number of methoxy groups -OCH3 is 2. The second kappa shape index (κ2) is 11.3. The van der Waals surface area contributed by atoms with Gasteiger partial charge in [-0.25, -0.2) is 4.99 Å². The minimum absolute atomic E-state index is 0.156. The number of thiazole rings is 1. The Kier molecular flexibility index (Phi) is 7.83. The lowest BCUT2D eigenvalue weighted by Gasteiger charge is -2.30. The Labute approximate surface area is 241 Å². The van der Waals surface area contributed by atoms with Crippen molar-refractivity contribution in [3.8, 4) is 11.5 Å². The Morgan fingerprint density at radius 1 is 1.07 bits per heavy atom. The number of hydrogen-bond donors (Lipinski definition) is 0. The molecule has 0 unspecified atom stereocenters. The summed E-state index contributed by atoms with van der Waals surface area (Å²) in [7, 11) is 3.18. The summed E-state index contributed by atoms with van der Waals surface area (Å²) in [6.45, 7) is 6.78. The molecule has 1 aliphatic rings. The number of amides is 1. The van der Waals surface area contributed by atoms with Gasteiger partial charge in [-0.05, 0) is 61.9 Å². The summed E-state index contributed by atoms with van der Waals surface area (Å²) in [5.41, 5.74) is 2.19. The van der Waals surface area contributed by atoms with E-state index in [1.807, 2.05) is 57.2 Å². The maximum absolute atomic E-state index is 14.2. The zero-order valence-corrected chi connectivity index (χ0v) is 24.6. The van der Waals surface area contributed by atoms with Crippen molar-refractivity contribution in [2.24, 2.45) is 4.99 Å². The highest BCUT2D eigenvalue weighted by molar-refractivity contribution is 7.07. The lowest BCUT2D eigenvalue weighted by Crippen LogP contribution is -2.43. The van der Waals surface area contributed by atoms with E-state index in [-0.39, 0.29) is 11.5 Å². The van der Waals surface area contributed by atoms with E-state index in [4.69, 9.17) is 26.1 Å². The largest absolute Gasteiger partial charge is 0.496 e. The summed E-state index contributed by atoms with van der Waals surface area (Å²) < 4.78 is 13.4. The zero-order chi connectivity index (χ0) is 28.6. The maximum Gasteiger partial charge on any atom is 0.271 e. The zero-order valence-electron chi connectivity index (χ0n) is 23.0. The van der Waals surface area contributed by atoms with E-state index < -0.39 is 6.04 Å². The molecule has 1 aliphatic heterocycles. The molecule has 1 amide bonds. The molecule has 0 N–H and O–H groups in total. The standard InChI is InChI=1S/C31H30ClN3O4S/c1-6-34(7-2)30(37)26-18(3)33-31-35(28(26)27-22-11-9-8-10-19(22)12-14-24(27)39-5)29(36)25(40-31)17-20-16-21(32)13-15-23(20)38-4/h8-17,28H,6-7H2,1-5H3/b25-17+/t28-/m1/s1. The number of halogens is 1. The van der Waals surface area contributed by atoms with Crippen molar-refractivity contribution >= 4 is 45.7 Å². The molecule has 0 aliphatic carbocycles. The van der Waals surface area contributed by atoms with Gasteiger partial charge < -0.3 is 14.4 Å². The first-order valence-corrected chi connectivity index (χ1v) is 14.2. The van der Waals surface area contributed by atoms with Crippen LogP contribution in [0.1, 0.15) is 37.9 Å². The number of rotatable bonds is 7. The van der Waals surface area contributed by atoms with Gasteiger partial charge in [0.1, 0.15) is 17.5 Å². The van der Waals surface area contributed by atoms with Crippen LogP contribution in [0, 0.1) is 0 Å². The lowest BCUT2D eigenvalue weighted by molar-refractivity contribution is -0.127. The predicted molar refractivity (Wildman–Crippen MR) is 160 cm³/mol. The highest BCUT2D eigenvalue weighted by Crippen LogP contribution is 2.40. The normalized spacial score (nSPS) is 15.2. The number of carbonyl (C=O) groups is 1. The molecule has 0 spiro atoms. The highest BCUT2D eigenvalue weighted by atomic mass is 35.5. The Bertz CT molecular complexity index is 1840. The van der Waals surface area contributed by atoms with Crippen LogP contribution in [0.4, 0.5) is 0 Å². The average molecular weight is 576 g/mol. The third-order valence-electron chi connectivity index (χ3n) is 7.21. The van der Waals surface area contributed by atoms with Gasteiger partial charge in [0, 0.05) is 29.2 Å². The molecule has 3 aromatic carbocycles. The van der Waals surface area contributed by atoms with Crippen molar-refractivity contribution < 1.29 is 14.3 Å². The van der Waals surface area contributed by atoms with E-state index in [9.17, 15) is 9.59 Å². The number of hydrogen-bond acceptors (Lipinski definition) is 6. The van der Waals surface area contributed by atoms with Crippen LogP contribution < -0.4 is 24.4 Å². The minimum atomic E-state index is -0.742. The summed E-state index contributed by atoms with van der Waals surface area (Å²) in [6, 6.07) is 16.3. The Morgan fingerprint density at radius 3 is 2.48 bits per heavy atom.